The molecule has 1 aromatic carbocycles. The third-order valence-corrected chi connectivity index (χ3v) is 3.94. The zero-order valence-corrected chi connectivity index (χ0v) is 13.0. The monoisotopic (exact) mass is 303 g/mol. The molecule has 6 heteroatoms. The first-order valence-corrected chi connectivity index (χ1v) is 8.25. The third kappa shape index (κ3) is 4.85. The number of hydrogen-bond acceptors (Lipinski definition) is 4. The van der Waals surface area contributed by atoms with Gasteiger partial charge in [0.25, 0.3) is 0 Å². The van der Waals surface area contributed by atoms with E-state index in [4.69, 9.17) is 0 Å². The first kappa shape index (κ1) is 17.1. The lowest BCUT2D eigenvalue weighted by Crippen LogP contribution is -2.47. The summed E-state index contributed by atoms with van der Waals surface area (Å²) in [4.78, 5) is 0.175. The molecule has 0 aliphatic heterocycles. The van der Waals surface area contributed by atoms with Crippen LogP contribution in [0.3, 0.4) is 0 Å². The maximum Gasteiger partial charge on any atom is 0.175 e. The van der Waals surface area contributed by atoms with Crippen molar-refractivity contribution in [2.24, 2.45) is 0 Å². The van der Waals surface area contributed by atoms with E-state index in [2.05, 4.69) is 5.32 Å². The molecular formula is C14H22FNO3S. The Morgan fingerprint density at radius 2 is 1.75 bits per heavy atom. The molecular weight excluding hydrogens is 281 g/mol. The molecule has 1 aromatic rings. The number of rotatable bonds is 5. The number of halogens is 1. The lowest BCUT2D eigenvalue weighted by Gasteiger charge is -2.30. The van der Waals surface area contributed by atoms with Crippen molar-refractivity contribution in [2.75, 3.05) is 12.9 Å². The van der Waals surface area contributed by atoms with Gasteiger partial charge in [-0.3, -0.25) is 0 Å². The third-order valence-electron chi connectivity index (χ3n) is 2.82. The van der Waals surface area contributed by atoms with E-state index in [1.54, 1.807) is 0 Å². The summed E-state index contributed by atoms with van der Waals surface area (Å²) >= 11 is 0. The minimum atomic E-state index is -3.27. The summed E-state index contributed by atoms with van der Waals surface area (Å²) in [7, 11) is -3.27. The zero-order chi connectivity index (χ0) is 15.6. The molecule has 0 spiro atoms. The van der Waals surface area contributed by atoms with E-state index >= 15 is 0 Å². The van der Waals surface area contributed by atoms with E-state index in [-0.39, 0.29) is 10.4 Å². The van der Waals surface area contributed by atoms with Gasteiger partial charge in [0.05, 0.1) is 17.0 Å². The van der Waals surface area contributed by atoms with Gasteiger partial charge >= 0.3 is 0 Å². The molecule has 0 aliphatic rings. The van der Waals surface area contributed by atoms with Crippen LogP contribution >= 0.6 is 0 Å². The Kier molecular flexibility index (Phi) is 5.29. The highest BCUT2D eigenvalue weighted by molar-refractivity contribution is 7.90. The van der Waals surface area contributed by atoms with Crippen LogP contribution in [0.4, 0.5) is 4.39 Å². The summed E-state index contributed by atoms with van der Waals surface area (Å²) in [5, 5.41) is 13.2. The van der Waals surface area contributed by atoms with Crippen LogP contribution in [0.15, 0.2) is 29.2 Å². The summed E-state index contributed by atoms with van der Waals surface area (Å²) in [6, 6.07) is 5.11. The molecule has 0 bridgehead atoms. The molecule has 0 amide bonds. The molecule has 0 saturated carbocycles. The number of aliphatic hydroxyl groups excluding tert-OH is 1. The Balaban J connectivity index is 2.93. The van der Waals surface area contributed by atoms with Crippen molar-refractivity contribution in [2.45, 2.75) is 43.4 Å². The van der Waals surface area contributed by atoms with Gasteiger partial charge in [-0.2, -0.15) is 0 Å². The molecule has 0 radical (unpaired) electrons. The fourth-order valence-electron chi connectivity index (χ4n) is 1.90. The van der Waals surface area contributed by atoms with E-state index in [1.165, 1.54) is 24.3 Å². The van der Waals surface area contributed by atoms with Crippen LogP contribution in [-0.4, -0.2) is 38.0 Å². The second kappa shape index (κ2) is 6.20. The number of hydrogen-bond donors (Lipinski definition) is 2. The first-order chi connectivity index (χ1) is 9.04. The van der Waals surface area contributed by atoms with E-state index in [9.17, 15) is 17.9 Å². The topological polar surface area (TPSA) is 66.4 Å². The predicted molar refractivity (Wildman–Crippen MR) is 77.2 cm³/mol. The number of alkyl halides is 1. The number of aliphatic hydroxyl groups is 1. The van der Waals surface area contributed by atoms with Gasteiger partial charge in [0.2, 0.25) is 0 Å². The summed E-state index contributed by atoms with van der Waals surface area (Å²) in [5.41, 5.74) is 0.154. The smallest absolute Gasteiger partial charge is 0.175 e. The number of benzene rings is 1. The highest BCUT2D eigenvalue weighted by Crippen LogP contribution is 2.21. The highest BCUT2D eigenvalue weighted by Gasteiger charge is 2.25. The van der Waals surface area contributed by atoms with Crippen molar-refractivity contribution < 1.29 is 17.9 Å². The van der Waals surface area contributed by atoms with Crippen molar-refractivity contribution >= 4 is 9.84 Å². The van der Waals surface area contributed by atoms with Gasteiger partial charge < -0.3 is 10.4 Å². The Morgan fingerprint density at radius 1 is 1.25 bits per heavy atom. The average molecular weight is 303 g/mol. The van der Waals surface area contributed by atoms with Crippen LogP contribution in [0.25, 0.3) is 0 Å². The van der Waals surface area contributed by atoms with Crippen molar-refractivity contribution in [3.63, 3.8) is 0 Å². The summed E-state index contributed by atoms with van der Waals surface area (Å²) in [5.74, 6) is 0. The standard InChI is InChI=1S/C14H22FNO3S/c1-14(2,3)16-12(9-15)13(17)10-5-7-11(8-6-10)20(4,18)19/h5-8,12-13,16-17H,9H2,1-4H3/t12?,13-/m1/s1. The van der Waals surface area contributed by atoms with Crippen LogP contribution in [0, 0.1) is 0 Å². The first-order valence-electron chi connectivity index (χ1n) is 6.36. The Morgan fingerprint density at radius 3 is 2.10 bits per heavy atom. The van der Waals surface area contributed by atoms with E-state index in [0.29, 0.717) is 5.56 Å². The van der Waals surface area contributed by atoms with Crippen molar-refractivity contribution in [3.05, 3.63) is 29.8 Å². The fourth-order valence-corrected chi connectivity index (χ4v) is 2.53. The second-order valence-electron chi connectivity index (χ2n) is 5.94. The van der Waals surface area contributed by atoms with Crippen LogP contribution < -0.4 is 5.32 Å². The molecule has 2 N–H and O–H groups in total. The van der Waals surface area contributed by atoms with Crippen molar-refractivity contribution in [3.8, 4) is 0 Å². The molecule has 0 aliphatic carbocycles. The molecule has 0 aromatic heterocycles. The molecule has 1 rings (SSSR count). The highest BCUT2D eigenvalue weighted by atomic mass is 32.2. The van der Waals surface area contributed by atoms with Crippen molar-refractivity contribution in [1.29, 1.82) is 0 Å². The van der Waals surface area contributed by atoms with Gasteiger partial charge in [-0.25, -0.2) is 12.8 Å². The molecule has 20 heavy (non-hydrogen) atoms. The Hall–Kier alpha value is -0.980. The minimum Gasteiger partial charge on any atom is -0.387 e. The van der Waals surface area contributed by atoms with Gasteiger partial charge in [-0.1, -0.05) is 12.1 Å². The lowest BCUT2D eigenvalue weighted by atomic mass is 9.99. The van der Waals surface area contributed by atoms with E-state index < -0.39 is 28.7 Å². The van der Waals surface area contributed by atoms with Gasteiger partial charge in [0.15, 0.2) is 9.84 Å². The van der Waals surface area contributed by atoms with E-state index in [0.717, 1.165) is 6.26 Å². The molecule has 2 atom stereocenters. The van der Waals surface area contributed by atoms with Crippen LogP contribution in [0.1, 0.15) is 32.4 Å². The van der Waals surface area contributed by atoms with Crippen molar-refractivity contribution in [1.82, 2.24) is 5.32 Å². The second-order valence-corrected chi connectivity index (χ2v) is 7.96. The fraction of sp³-hybridized carbons (Fsp3) is 0.571. The van der Waals surface area contributed by atoms with Gasteiger partial charge in [-0.05, 0) is 38.5 Å². The maximum absolute atomic E-state index is 13.1. The van der Waals surface area contributed by atoms with Crippen LogP contribution in [0.2, 0.25) is 0 Å². The number of sulfone groups is 1. The summed E-state index contributed by atoms with van der Waals surface area (Å²) in [6.45, 7) is 4.94. The quantitative estimate of drug-likeness (QED) is 0.871. The Labute approximate surface area is 119 Å². The largest absolute Gasteiger partial charge is 0.387 e. The zero-order valence-electron chi connectivity index (χ0n) is 12.2. The van der Waals surface area contributed by atoms with Crippen LogP contribution in [0.5, 0.6) is 0 Å². The van der Waals surface area contributed by atoms with E-state index in [1.807, 2.05) is 20.8 Å². The van der Waals surface area contributed by atoms with Gasteiger partial charge in [0.1, 0.15) is 6.67 Å². The SMILES string of the molecule is CC(C)(C)NC(CF)[C@H](O)c1ccc(S(C)(=O)=O)cc1. The molecule has 0 saturated heterocycles. The molecule has 0 heterocycles. The van der Waals surface area contributed by atoms with Crippen LogP contribution in [-0.2, 0) is 9.84 Å². The molecule has 0 fully saturated rings. The lowest BCUT2D eigenvalue weighted by molar-refractivity contribution is 0.0980. The molecule has 114 valence electrons. The normalized spacial score (nSPS) is 15.9. The summed E-state index contributed by atoms with van der Waals surface area (Å²) in [6.07, 6.45) is 0.0806. The predicted octanol–water partition coefficient (Wildman–Crippen LogP) is 1.85. The minimum absolute atomic E-state index is 0.175. The maximum atomic E-state index is 13.1. The average Bonchev–Trinajstić information content (AvgIpc) is 2.33. The van der Waals surface area contributed by atoms with Gasteiger partial charge in [-0.15, -0.1) is 0 Å². The summed E-state index contributed by atoms with van der Waals surface area (Å²) < 4.78 is 35.8. The number of nitrogens with one attached hydrogen (secondary N) is 1. The molecule has 4 nitrogen and oxygen atoms in total. The van der Waals surface area contributed by atoms with Gasteiger partial charge in [0, 0.05) is 11.8 Å². The Bertz CT molecular complexity index is 535. The molecule has 1 unspecified atom stereocenters.